The van der Waals surface area contributed by atoms with Crippen molar-refractivity contribution in [3.05, 3.63) is 23.8 Å². The van der Waals surface area contributed by atoms with E-state index in [1.807, 2.05) is 36.0 Å². The highest BCUT2D eigenvalue weighted by molar-refractivity contribution is 5.96. The molecule has 0 spiro atoms. The van der Waals surface area contributed by atoms with Crippen molar-refractivity contribution in [3.63, 3.8) is 0 Å². The van der Waals surface area contributed by atoms with Gasteiger partial charge in [-0.05, 0) is 30.5 Å². The number of amides is 1. The van der Waals surface area contributed by atoms with E-state index in [9.17, 15) is 4.79 Å². The number of nitrogens with zero attached hydrogens (tertiary/aromatic N) is 2. The van der Waals surface area contributed by atoms with Crippen molar-refractivity contribution < 1.29 is 4.79 Å². The van der Waals surface area contributed by atoms with Crippen LogP contribution in [0.4, 0.5) is 11.4 Å². The van der Waals surface area contributed by atoms with Crippen LogP contribution in [0, 0.1) is 5.92 Å². The molecule has 98 valence electrons. The van der Waals surface area contributed by atoms with Gasteiger partial charge in [-0.15, -0.1) is 0 Å². The highest BCUT2D eigenvalue weighted by Gasteiger charge is 2.24. The van der Waals surface area contributed by atoms with E-state index in [4.69, 9.17) is 5.73 Å². The first kappa shape index (κ1) is 12.7. The van der Waals surface area contributed by atoms with Gasteiger partial charge in [-0.2, -0.15) is 0 Å². The second-order valence-electron chi connectivity index (χ2n) is 5.31. The zero-order valence-electron chi connectivity index (χ0n) is 11.3. The van der Waals surface area contributed by atoms with Crippen molar-refractivity contribution >= 4 is 17.3 Å². The maximum atomic E-state index is 12.3. The summed E-state index contributed by atoms with van der Waals surface area (Å²) in [5.74, 6) is 0.698. The molecule has 1 aromatic rings. The van der Waals surface area contributed by atoms with Crippen LogP contribution in [0.15, 0.2) is 18.2 Å². The Morgan fingerprint density at radius 2 is 2.17 bits per heavy atom. The van der Waals surface area contributed by atoms with Gasteiger partial charge in [-0.1, -0.05) is 6.92 Å². The summed E-state index contributed by atoms with van der Waals surface area (Å²) in [5.41, 5.74) is 8.26. The van der Waals surface area contributed by atoms with Gasteiger partial charge in [0.05, 0.1) is 11.4 Å². The first-order valence-electron chi connectivity index (χ1n) is 6.35. The van der Waals surface area contributed by atoms with Gasteiger partial charge in [0.15, 0.2) is 0 Å². The van der Waals surface area contributed by atoms with Crippen molar-refractivity contribution in [2.24, 2.45) is 5.92 Å². The molecule has 0 bridgehead atoms. The molecule has 0 radical (unpaired) electrons. The minimum atomic E-state index is 0.0938. The van der Waals surface area contributed by atoms with Gasteiger partial charge >= 0.3 is 0 Å². The highest BCUT2D eigenvalue weighted by Crippen LogP contribution is 2.24. The quantitative estimate of drug-likeness (QED) is 0.811. The fourth-order valence-corrected chi connectivity index (χ4v) is 2.40. The SMILES string of the molecule is CC1CCN(C(=O)c2ccc(N(C)C)c(N)c2)C1. The van der Waals surface area contributed by atoms with Crippen LogP contribution < -0.4 is 10.6 Å². The minimum Gasteiger partial charge on any atom is -0.397 e. The Morgan fingerprint density at radius 1 is 1.44 bits per heavy atom. The smallest absolute Gasteiger partial charge is 0.253 e. The number of carbonyl (C=O) groups excluding carboxylic acids is 1. The van der Waals surface area contributed by atoms with Crippen molar-refractivity contribution in [2.45, 2.75) is 13.3 Å². The lowest BCUT2D eigenvalue weighted by atomic mass is 10.1. The largest absolute Gasteiger partial charge is 0.397 e. The summed E-state index contributed by atoms with van der Waals surface area (Å²) in [6, 6.07) is 5.54. The van der Waals surface area contributed by atoms with Gasteiger partial charge in [0.2, 0.25) is 0 Å². The topological polar surface area (TPSA) is 49.6 Å². The molecule has 1 aliphatic heterocycles. The third kappa shape index (κ3) is 2.42. The Morgan fingerprint density at radius 3 is 2.67 bits per heavy atom. The molecule has 1 heterocycles. The van der Waals surface area contributed by atoms with E-state index < -0.39 is 0 Å². The first-order chi connectivity index (χ1) is 8.49. The molecule has 2 N–H and O–H groups in total. The average molecular weight is 247 g/mol. The second kappa shape index (κ2) is 4.88. The molecule has 1 aliphatic rings. The maximum absolute atomic E-state index is 12.3. The summed E-state index contributed by atoms with van der Waals surface area (Å²) in [6.45, 7) is 3.89. The molecular formula is C14H21N3O. The molecule has 1 aromatic carbocycles. The van der Waals surface area contributed by atoms with Crippen LogP contribution in [-0.4, -0.2) is 38.0 Å². The minimum absolute atomic E-state index is 0.0938. The molecule has 1 atom stereocenters. The number of carbonyl (C=O) groups is 1. The number of hydrogen-bond donors (Lipinski definition) is 1. The van der Waals surface area contributed by atoms with E-state index in [2.05, 4.69) is 6.92 Å². The monoisotopic (exact) mass is 247 g/mol. The lowest BCUT2D eigenvalue weighted by Crippen LogP contribution is -2.28. The molecule has 0 saturated carbocycles. The van der Waals surface area contributed by atoms with Crippen molar-refractivity contribution in [3.8, 4) is 0 Å². The van der Waals surface area contributed by atoms with Crippen LogP contribution in [0.25, 0.3) is 0 Å². The van der Waals surface area contributed by atoms with Crippen LogP contribution in [-0.2, 0) is 0 Å². The van der Waals surface area contributed by atoms with Gasteiger partial charge in [-0.3, -0.25) is 4.79 Å². The number of benzene rings is 1. The Hall–Kier alpha value is -1.71. The standard InChI is InChI=1S/C14H21N3O/c1-10-6-7-17(9-10)14(18)11-4-5-13(16(2)3)12(15)8-11/h4-5,8,10H,6-7,9,15H2,1-3H3. The van der Waals surface area contributed by atoms with E-state index in [0.29, 0.717) is 17.2 Å². The molecule has 1 saturated heterocycles. The van der Waals surface area contributed by atoms with Gasteiger partial charge < -0.3 is 15.5 Å². The predicted octanol–water partition coefficient (Wildman–Crippen LogP) is 1.82. The molecule has 4 nitrogen and oxygen atoms in total. The zero-order chi connectivity index (χ0) is 13.3. The number of hydrogen-bond acceptors (Lipinski definition) is 3. The van der Waals surface area contributed by atoms with Crippen LogP contribution in [0.3, 0.4) is 0 Å². The van der Waals surface area contributed by atoms with Crippen molar-refractivity contribution in [1.29, 1.82) is 0 Å². The Labute approximate surface area is 108 Å². The van der Waals surface area contributed by atoms with Gasteiger partial charge in [-0.25, -0.2) is 0 Å². The molecule has 1 fully saturated rings. The molecule has 1 amide bonds. The summed E-state index contributed by atoms with van der Waals surface area (Å²) in [4.78, 5) is 16.1. The summed E-state index contributed by atoms with van der Waals surface area (Å²) >= 11 is 0. The van der Waals surface area contributed by atoms with Gasteiger partial charge in [0, 0.05) is 32.7 Å². The summed E-state index contributed by atoms with van der Waals surface area (Å²) in [7, 11) is 3.88. The fourth-order valence-electron chi connectivity index (χ4n) is 2.40. The number of nitrogens with two attached hydrogens (primary N) is 1. The zero-order valence-corrected chi connectivity index (χ0v) is 11.3. The Kier molecular flexibility index (Phi) is 3.45. The van der Waals surface area contributed by atoms with Gasteiger partial charge in [0.1, 0.15) is 0 Å². The van der Waals surface area contributed by atoms with Crippen molar-refractivity contribution in [2.75, 3.05) is 37.8 Å². The van der Waals surface area contributed by atoms with Crippen molar-refractivity contribution in [1.82, 2.24) is 4.90 Å². The molecule has 0 aliphatic carbocycles. The predicted molar refractivity (Wildman–Crippen MR) is 74.9 cm³/mol. The van der Waals surface area contributed by atoms with E-state index >= 15 is 0 Å². The molecular weight excluding hydrogens is 226 g/mol. The maximum Gasteiger partial charge on any atom is 0.253 e. The number of rotatable bonds is 2. The lowest BCUT2D eigenvalue weighted by Gasteiger charge is -2.19. The third-order valence-corrected chi connectivity index (χ3v) is 3.47. The van der Waals surface area contributed by atoms with Crippen LogP contribution in [0.1, 0.15) is 23.7 Å². The average Bonchev–Trinajstić information content (AvgIpc) is 2.74. The van der Waals surface area contributed by atoms with E-state index in [1.165, 1.54) is 0 Å². The number of nitrogen functional groups attached to an aromatic ring is 1. The normalized spacial score (nSPS) is 19.1. The second-order valence-corrected chi connectivity index (χ2v) is 5.31. The fraction of sp³-hybridized carbons (Fsp3) is 0.500. The molecule has 2 rings (SSSR count). The van der Waals surface area contributed by atoms with E-state index in [1.54, 1.807) is 6.07 Å². The van der Waals surface area contributed by atoms with Crippen LogP contribution >= 0.6 is 0 Å². The highest BCUT2D eigenvalue weighted by atomic mass is 16.2. The van der Waals surface area contributed by atoms with E-state index in [0.717, 1.165) is 25.2 Å². The molecule has 4 heteroatoms. The Balaban J connectivity index is 2.19. The molecule has 1 unspecified atom stereocenters. The molecule has 0 aromatic heterocycles. The third-order valence-electron chi connectivity index (χ3n) is 3.47. The summed E-state index contributed by atoms with van der Waals surface area (Å²) < 4.78 is 0. The Bertz CT molecular complexity index is 456. The van der Waals surface area contributed by atoms with E-state index in [-0.39, 0.29) is 5.91 Å². The lowest BCUT2D eigenvalue weighted by molar-refractivity contribution is 0.0788. The first-order valence-corrected chi connectivity index (χ1v) is 6.35. The number of anilines is 2. The summed E-state index contributed by atoms with van der Waals surface area (Å²) in [5, 5.41) is 0. The van der Waals surface area contributed by atoms with Crippen LogP contribution in [0.2, 0.25) is 0 Å². The number of likely N-dealkylation sites (tertiary alicyclic amines) is 1. The van der Waals surface area contributed by atoms with Crippen LogP contribution in [0.5, 0.6) is 0 Å². The van der Waals surface area contributed by atoms with Gasteiger partial charge in [0.25, 0.3) is 5.91 Å². The summed E-state index contributed by atoms with van der Waals surface area (Å²) in [6.07, 6.45) is 1.09. The molecule has 18 heavy (non-hydrogen) atoms.